The van der Waals surface area contributed by atoms with Gasteiger partial charge < -0.3 is 10.0 Å². The fraction of sp³-hybridized carbons (Fsp3) is 0.733. The molecule has 0 radical (unpaired) electrons. The number of hydrogen-bond donors (Lipinski definition) is 2. The molecule has 96 valence electrons. The third-order valence-corrected chi connectivity index (χ3v) is 4.50. The van der Waals surface area contributed by atoms with Crippen LogP contribution in [0.25, 0.3) is 0 Å². The van der Waals surface area contributed by atoms with Crippen molar-refractivity contribution < 1.29 is 10.0 Å². The van der Waals surface area contributed by atoms with E-state index in [-0.39, 0.29) is 0 Å². The lowest BCUT2D eigenvalue weighted by Crippen LogP contribution is -3.14. The lowest BCUT2D eigenvalue weighted by molar-refractivity contribution is -0.908. The van der Waals surface area contributed by atoms with Gasteiger partial charge in [-0.25, -0.2) is 0 Å². The Kier molecular flexibility index (Phi) is 4.41. The van der Waals surface area contributed by atoms with Crippen LogP contribution >= 0.6 is 0 Å². The van der Waals surface area contributed by atoms with Crippen LogP contribution in [0.5, 0.6) is 0 Å². The van der Waals surface area contributed by atoms with Gasteiger partial charge in [0.2, 0.25) is 0 Å². The number of hydrogen-bond acceptors (Lipinski definition) is 1. The molecule has 1 aliphatic heterocycles. The van der Waals surface area contributed by atoms with Crippen molar-refractivity contribution in [1.82, 2.24) is 0 Å². The Morgan fingerprint density at radius 1 is 1.53 bits per heavy atom. The summed E-state index contributed by atoms with van der Waals surface area (Å²) >= 11 is 0. The molecule has 1 fully saturated rings. The van der Waals surface area contributed by atoms with E-state index in [1.165, 1.54) is 44.2 Å². The zero-order chi connectivity index (χ0) is 12.3. The van der Waals surface area contributed by atoms with Gasteiger partial charge in [0.25, 0.3) is 0 Å². The Balaban J connectivity index is 1.86. The Morgan fingerprint density at radius 2 is 2.35 bits per heavy atom. The lowest BCUT2D eigenvalue weighted by Gasteiger charge is -2.26. The second-order valence-electron chi connectivity index (χ2n) is 5.79. The van der Waals surface area contributed by atoms with Gasteiger partial charge in [-0.3, -0.25) is 0 Å². The highest BCUT2D eigenvalue weighted by molar-refractivity contribution is 5.12. The fourth-order valence-corrected chi connectivity index (χ4v) is 3.23. The molecule has 1 aliphatic carbocycles. The van der Waals surface area contributed by atoms with Crippen LogP contribution < -0.4 is 4.90 Å². The first-order valence-corrected chi connectivity index (χ1v) is 6.99. The van der Waals surface area contributed by atoms with Gasteiger partial charge in [-0.05, 0) is 37.7 Å². The molecule has 1 heterocycles. The standard InChI is InChI=1S/C15H25NO/c1-12(2)14-7-5-13(6-8-14)10-16-9-3-4-15(16)11-17/h5,14-15,17H,1,3-4,6-11H2,2H3/p+1/t14-,15+/m0/s1. The smallest absolute Gasteiger partial charge is 0.111 e. The zero-order valence-corrected chi connectivity index (χ0v) is 11.0. The van der Waals surface area contributed by atoms with E-state index in [9.17, 15) is 5.11 Å². The predicted octanol–water partition coefficient (Wildman–Crippen LogP) is 1.33. The van der Waals surface area contributed by atoms with Gasteiger partial charge in [-0.1, -0.05) is 18.2 Å². The van der Waals surface area contributed by atoms with Crippen LogP contribution in [-0.4, -0.2) is 30.8 Å². The number of likely N-dealkylation sites (tertiary alicyclic amines) is 1. The normalized spacial score (nSPS) is 33.5. The Bertz CT molecular complexity index is 308. The second-order valence-corrected chi connectivity index (χ2v) is 5.79. The summed E-state index contributed by atoms with van der Waals surface area (Å²) in [6.45, 7) is 8.98. The average molecular weight is 236 g/mol. The van der Waals surface area contributed by atoms with E-state index in [4.69, 9.17) is 0 Å². The lowest BCUT2D eigenvalue weighted by atomic mass is 9.85. The van der Waals surface area contributed by atoms with Gasteiger partial charge in [0.1, 0.15) is 6.04 Å². The minimum Gasteiger partial charge on any atom is -0.390 e. The number of aliphatic hydroxyl groups is 1. The maximum absolute atomic E-state index is 9.33. The predicted molar refractivity (Wildman–Crippen MR) is 71.0 cm³/mol. The fourth-order valence-electron chi connectivity index (χ4n) is 3.23. The molecule has 2 N–H and O–H groups in total. The minimum absolute atomic E-state index is 0.358. The van der Waals surface area contributed by atoms with Crippen molar-refractivity contribution in [2.24, 2.45) is 5.92 Å². The van der Waals surface area contributed by atoms with Crippen molar-refractivity contribution in [2.75, 3.05) is 19.7 Å². The molecule has 1 saturated heterocycles. The first-order valence-electron chi connectivity index (χ1n) is 6.99. The number of aliphatic hydroxyl groups excluding tert-OH is 1. The van der Waals surface area contributed by atoms with Gasteiger partial charge >= 0.3 is 0 Å². The van der Waals surface area contributed by atoms with Crippen molar-refractivity contribution in [3.8, 4) is 0 Å². The molecular weight excluding hydrogens is 210 g/mol. The molecule has 0 aromatic heterocycles. The van der Waals surface area contributed by atoms with Crippen molar-refractivity contribution in [3.63, 3.8) is 0 Å². The van der Waals surface area contributed by atoms with Crippen LogP contribution in [0.3, 0.4) is 0 Å². The highest BCUT2D eigenvalue weighted by Crippen LogP contribution is 2.27. The Labute approximate surface area is 105 Å². The van der Waals surface area contributed by atoms with Gasteiger partial charge in [0.15, 0.2) is 0 Å². The average Bonchev–Trinajstić information content (AvgIpc) is 2.77. The van der Waals surface area contributed by atoms with E-state index in [1.54, 1.807) is 10.5 Å². The first-order chi connectivity index (χ1) is 8.20. The third kappa shape index (κ3) is 3.20. The molecule has 17 heavy (non-hydrogen) atoms. The van der Waals surface area contributed by atoms with Crippen molar-refractivity contribution >= 4 is 0 Å². The molecule has 0 saturated carbocycles. The SMILES string of the molecule is C=C(C)[C@H]1CC=C(C[NH+]2CCC[C@@H]2CO)CC1. The van der Waals surface area contributed by atoms with Crippen LogP contribution in [0.1, 0.15) is 39.0 Å². The van der Waals surface area contributed by atoms with Crippen molar-refractivity contribution in [1.29, 1.82) is 0 Å². The molecule has 3 atom stereocenters. The summed E-state index contributed by atoms with van der Waals surface area (Å²) in [5.74, 6) is 0.709. The van der Waals surface area contributed by atoms with Crippen LogP contribution in [0.2, 0.25) is 0 Å². The van der Waals surface area contributed by atoms with Gasteiger partial charge in [-0.2, -0.15) is 0 Å². The summed E-state index contributed by atoms with van der Waals surface area (Å²) in [7, 11) is 0. The molecule has 0 aromatic carbocycles. The quantitative estimate of drug-likeness (QED) is 0.707. The van der Waals surface area contributed by atoms with Gasteiger partial charge in [0, 0.05) is 12.8 Å². The summed E-state index contributed by atoms with van der Waals surface area (Å²) < 4.78 is 0. The van der Waals surface area contributed by atoms with E-state index in [0.29, 0.717) is 18.6 Å². The molecule has 0 bridgehead atoms. The van der Waals surface area contributed by atoms with E-state index in [2.05, 4.69) is 19.6 Å². The van der Waals surface area contributed by atoms with Crippen LogP contribution in [0.15, 0.2) is 23.8 Å². The van der Waals surface area contributed by atoms with E-state index < -0.39 is 0 Å². The molecule has 0 spiro atoms. The molecule has 2 nitrogen and oxygen atoms in total. The highest BCUT2D eigenvalue weighted by atomic mass is 16.3. The van der Waals surface area contributed by atoms with Crippen molar-refractivity contribution in [3.05, 3.63) is 23.8 Å². The molecule has 2 heteroatoms. The number of rotatable bonds is 4. The molecular formula is C15H26NO+. The third-order valence-electron chi connectivity index (χ3n) is 4.50. The Hall–Kier alpha value is -0.600. The number of allylic oxidation sites excluding steroid dienone is 2. The van der Waals surface area contributed by atoms with Crippen LogP contribution in [0, 0.1) is 5.92 Å². The molecule has 2 rings (SSSR count). The van der Waals surface area contributed by atoms with Gasteiger partial charge in [0.05, 0.1) is 19.7 Å². The number of nitrogens with one attached hydrogen (secondary N) is 1. The first kappa shape index (κ1) is 12.8. The number of quaternary nitrogens is 1. The maximum Gasteiger partial charge on any atom is 0.111 e. The minimum atomic E-state index is 0.358. The van der Waals surface area contributed by atoms with Gasteiger partial charge in [-0.15, -0.1) is 0 Å². The summed E-state index contributed by atoms with van der Waals surface area (Å²) in [5.41, 5.74) is 2.94. The molecule has 0 aromatic rings. The maximum atomic E-state index is 9.33. The van der Waals surface area contributed by atoms with Crippen LogP contribution in [-0.2, 0) is 0 Å². The monoisotopic (exact) mass is 236 g/mol. The molecule has 2 aliphatic rings. The second kappa shape index (κ2) is 5.83. The summed E-state index contributed by atoms with van der Waals surface area (Å²) in [6, 6.07) is 0.495. The Morgan fingerprint density at radius 3 is 2.94 bits per heavy atom. The van der Waals surface area contributed by atoms with E-state index >= 15 is 0 Å². The molecule has 0 amide bonds. The summed E-state index contributed by atoms with van der Waals surface area (Å²) in [6.07, 6.45) is 8.61. The summed E-state index contributed by atoms with van der Waals surface area (Å²) in [4.78, 5) is 1.60. The van der Waals surface area contributed by atoms with E-state index in [0.717, 1.165) is 6.54 Å². The zero-order valence-electron chi connectivity index (χ0n) is 11.0. The highest BCUT2D eigenvalue weighted by Gasteiger charge is 2.28. The summed E-state index contributed by atoms with van der Waals surface area (Å²) in [5, 5.41) is 9.33. The van der Waals surface area contributed by atoms with Crippen LogP contribution in [0.4, 0.5) is 0 Å². The molecule has 1 unspecified atom stereocenters. The van der Waals surface area contributed by atoms with E-state index in [1.807, 2.05) is 0 Å². The van der Waals surface area contributed by atoms with Crippen molar-refractivity contribution in [2.45, 2.75) is 45.1 Å². The largest absolute Gasteiger partial charge is 0.390 e. The topological polar surface area (TPSA) is 24.7 Å².